The summed E-state index contributed by atoms with van der Waals surface area (Å²) >= 11 is 6.46. The molecule has 1 saturated heterocycles. The van der Waals surface area contributed by atoms with Crippen LogP contribution >= 0.6 is 11.6 Å². The lowest BCUT2D eigenvalue weighted by atomic mass is 9.78. The molecular formula is C16H27ClN4. The molecule has 1 saturated carbocycles. The van der Waals surface area contributed by atoms with Crippen molar-refractivity contribution in [2.75, 3.05) is 13.1 Å². The minimum Gasteiger partial charge on any atom is -0.311 e. The van der Waals surface area contributed by atoms with Crippen LogP contribution in [0.25, 0.3) is 0 Å². The van der Waals surface area contributed by atoms with Gasteiger partial charge in [0, 0.05) is 43.8 Å². The van der Waals surface area contributed by atoms with E-state index in [1.807, 2.05) is 7.05 Å². The Morgan fingerprint density at radius 2 is 2.05 bits per heavy atom. The van der Waals surface area contributed by atoms with Crippen molar-refractivity contribution in [2.24, 2.45) is 7.05 Å². The summed E-state index contributed by atoms with van der Waals surface area (Å²) in [5.74, 6) is 0. The van der Waals surface area contributed by atoms with E-state index in [4.69, 9.17) is 11.6 Å². The van der Waals surface area contributed by atoms with Gasteiger partial charge in [-0.3, -0.25) is 9.58 Å². The summed E-state index contributed by atoms with van der Waals surface area (Å²) in [5, 5.41) is 8.96. The summed E-state index contributed by atoms with van der Waals surface area (Å²) in [6.45, 7) is 7.50. The standard InChI is InChI=1S/C16H27ClN4/c1-12-9-21(10-14-13(2)19-20(3)15(14)17)16(11-18-12)7-5-4-6-8-16/h12,18H,4-11H2,1-3H3. The van der Waals surface area contributed by atoms with Gasteiger partial charge in [0.25, 0.3) is 0 Å². The van der Waals surface area contributed by atoms with Gasteiger partial charge in [0.15, 0.2) is 0 Å². The van der Waals surface area contributed by atoms with Crippen molar-refractivity contribution < 1.29 is 0 Å². The van der Waals surface area contributed by atoms with E-state index < -0.39 is 0 Å². The Balaban J connectivity index is 1.85. The molecule has 2 aliphatic rings. The molecule has 21 heavy (non-hydrogen) atoms. The fraction of sp³-hybridized carbons (Fsp3) is 0.812. The van der Waals surface area contributed by atoms with Crippen LogP contribution in [0.15, 0.2) is 0 Å². The average molecular weight is 311 g/mol. The molecule has 5 heteroatoms. The van der Waals surface area contributed by atoms with E-state index in [1.54, 1.807) is 4.68 Å². The summed E-state index contributed by atoms with van der Waals surface area (Å²) in [4.78, 5) is 2.68. The normalized spacial score (nSPS) is 26.4. The Kier molecular flexibility index (Phi) is 4.30. The predicted molar refractivity (Wildman–Crippen MR) is 86.6 cm³/mol. The summed E-state index contributed by atoms with van der Waals surface area (Å²) in [5.41, 5.74) is 2.61. The minimum atomic E-state index is 0.330. The highest BCUT2D eigenvalue weighted by Crippen LogP contribution is 2.37. The van der Waals surface area contributed by atoms with E-state index in [0.717, 1.165) is 30.5 Å². The molecule has 1 aliphatic heterocycles. The van der Waals surface area contributed by atoms with Crippen molar-refractivity contribution >= 4 is 11.6 Å². The van der Waals surface area contributed by atoms with Crippen LogP contribution in [0.4, 0.5) is 0 Å². The monoisotopic (exact) mass is 310 g/mol. The Morgan fingerprint density at radius 3 is 2.67 bits per heavy atom. The maximum atomic E-state index is 6.46. The summed E-state index contributed by atoms with van der Waals surface area (Å²) in [6, 6.07) is 0.549. The zero-order valence-electron chi connectivity index (χ0n) is 13.5. The van der Waals surface area contributed by atoms with Crippen molar-refractivity contribution in [3.05, 3.63) is 16.4 Å². The maximum absolute atomic E-state index is 6.46. The van der Waals surface area contributed by atoms with Crippen LogP contribution in [-0.2, 0) is 13.6 Å². The van der Waals surface area contributed by atoms with E-state index in [1.165, 1.54) is 37.7 Å². The van der Waals surface area contributed by atoms with Crippen LogP contribution in [0, 0.1) is 6.92 Å². The first-order valence-corrected chi connectivity index (χ1v) is 8.56. The molecule has 0 bridgehead atoms. The molecule has 0 aromatic carbocycles. The lowest BCUT2D eigenvalue weighted by molar-refractivity contribution is 0.00606. The van der Waals surface area contributed by atoms with Crippen molar-refractivity contribution in [3.63, 3.8) is 0 Å². The molecule has 1 unspecified atom stereocenters. The molecule has 118 valence electrons. The van der Waals surface area contributed by atoms with Gasteiger partial charge in [-0.2, -0.15) is 5.10 Å². The Labute approximate surface area is 132 Å². The Morgan fingerprint density at radius 1 is 1.33 bits per heavy atom. The van der Waals surface area contributed by atoms with Crippen LogP contribution < -0.4 is 5.32 Å². The zero-order valence-corrected chi connectivity index (χ0v) is 14.2. The second-order valence-corrected chi connectivity index (χ2v) is 7.28. The SMILES string of the molecule is Cc1nn(C)c(Cl)c1CN1CC(C)NCC12CCCCC2. The molecule has 1 aromatic heterocycles. The second-order valence-electron chi connectivity index (χ2n) is 6.93. The quantitative estimate of drug-likeness (QED) is 0.912. The van der Waals surface area contributed by atoms with Crippen LogP contribution in [0.3, 0.4) is 0 Å². The minimum absolute atomic E-state index is 0.330. The third-order valence-electron chi connectivity index (χ3n) is 5.35. The fourth-order valence-electron chi connectivity index (χ4n) is 4.04. The van der Waals surface area contributed by atoms with Crippen LogP contribution in [0.1, 0.15) is 50.3 Å². The topological polar surface area (TPSA) is 33.1 Å². The lowest BCUT2D eigenvalue weighted by Gasteiger charge is -2.51. The van der Waals surface area contributed by atoms with Gasteiger partial charge in [0.2, 0.25) is 0 Å². The van der Waals surface area contributed by atoms with Gasteiger partial charge < -0.3 is 5.32 Å². The Bertz CT molecular complexity index is 505. The third kappa shape index (κ3) is 2.86. The number of rotatable bonds is 2. The number of piperazine rings is 1. The highest BCUT2D eigenvalue weighted by atomic mass is 35.5. The van der Waals surface area contributed by atoms with Crippen molar-refractivity contribution in [3.8, 4) is 0 Å². The number of nitrogens with zero attached hydrogens (tertiary/aromatic N) is 3. The second kappa shape index (κ2) is 5.90. The van der Waals surface area contributed by atoms with E-state index in [9.17, 15) is 0 Å². The molecule has 1 spiro atoms. The smallest absolute Gasteiger partial charge is 0.131 e. The molecule has 0 amide bonds. The Hall–Kier alpha value is -0.580. The van der Waals surface area contributed by atoms with Crippen LogP contribution in [-0.4, -0.2) is 39.4 Å². The molecule has 1 aromatic rings. The number of halogens is 1. The number of hydrogen-bond acceptors (Lipinski definition) is 3. The van der Waals surface area contributed by atoms with Crippen molar-refractivity contribution in [2.45, 2.75) is 64.1 Å². The van der Waals surface area contributed by atoms with Gasteiger partial charge in [-0.25, -0.2) is 0 Å². The van der Waals surface area contributed by atoms with E-state index >= 15 is 0 Å². The number of aryl methyl sites for hydroxylation is 2. The molecule has 1 atom stereocenters. The molecule has 4 nitrogen and oxygen atoms in total. The van der Waals surface area contributed by atoms with Gasteiger partial charge in [0.05, 0.1) is 5.69 Å². The molecule has 2 heterocycles. The lowest BCUT2D eigenvalue weighted by Crippen LogP contribution is -2.64. The van der Waals surface area contributed by atoms with Gasteiger partial charge in [-0.15, -0.1) is 0 Å². The van der Waals surface area contributed by atoms with Gasteiger partial charge in [-0.05, 0) is 26.7 Å². The molecule has 1 aliphatic carbocycles. The zero-order chi connectivity index (χ0) is 15.0. The van der Waals surface area contributed by atoms with Gasteiger partial charge >= 0.3 is 0 Å². The predicted octanol–water partition coefficient (Wildman–Crippen LogP) is 2.88. The number of nitrogens with one attached hydrogen (secondary N) is 1. The van der Waals surface area contributed by atoms with Crippen LogP contribution in [0.2, 0.25) is 5.15 Å². The van der Waals surface area contributed by atoms with Gasteiger partial charge in [-0.1, -0.05) is 30.9 Å². The fourth-order valence-corrected chi connectivity index (χ4v) is 4.28. The maximum Gasteiger partial charge on any atom is 0.131 e. The van der Waals surface area contributed by atoms with Gasteiger partial charge in [0.1, 0.15) is 5.15 Å². The largest absolute Gasteiger partial charge is 0.311 e. The number of aromatic nitrogens is 2. The average Bonchev–Trinajstić information content (AvgIpc) is 2.71. The summed E-state index contributed by atoms with van der Waals surface area (Å²) in [7, 11) is 1.93. The first kappa shape index (κ1) is 15.3. The molecule has 3 rings (SSSR count). The van der Waals surface area contributed by atoms with E-state index in [0.29, 0.717) is 11.6 Å². The van der Waals surface area contributed by atoms with Crippen LogP contribution in [0.5, 0.6) is 0 Å². The third-order valence-corrected chi connectivity index (χ3v) is 5.82. The first-order chi connectivity index (χ1) is 10.0. The summed E-state index contributed by atoms with van der Waals surface area (Å²) < 4.78 is 1.80. The van der Waals surface area contributed by atoms with E-state index in [-0.39, 0.29) is 0 Å². The van der Waals surface area contributed by atoms with Crippen molar-refractivity contribution in [1.29, 1.82) is 0 Å². The highest BCUT2D eigenvalue weighted by Gasteiger charge is 2.41. The molecule has 2 fully saturated rings. The molecular weight excluding hydrogens is 284 g/mol. The first-order valence-electron chi connectivity index (χ1n) is 8.18. The highest BCUT2D eigenvalue weighted by molar-refractivity contribution is 6.30. The molecule has 0 radical (unpaired) electrons. The summed E-state index contributed by atoms with van der Waals surface area (Å²) in [6.07, 6.45) is 6.71. The van der Waals surface area contributed by atoms with E-state index in [2.05, 4.69) is 29.2 Å². The van der Waals surface area contributed by atoms with Crippen molar-refractivity contribution in [1.82, 2.24) is 20.0 Å². The number of hydrogen-bond donors (Lipinski definition) is 1. The molecule has 1 N–H and O–H groups in total.